The van der Waals surface area contributed by atoms with Gasteiger partial charge in [0.05, 0.1) is 0 Å². The predicted octanol–water partition coefficient (Wildman–Crippen LogP) is 0.864. The van der Waals surface area contributed by atoms with Crippen molar-refractivity contribution in [1.82, 2.24) is 0 Å². The Kier molecular flexibility index (Phi) is 16.0. The maximum Gasteiger partial charge on any atom is -2.00 e. The molecule has 0 saturated heterocycles. The molecule has 5 heavy (non-hydrogen) atoms. The predicted molar refractivity (Wildman–Crippen MR) is 21.5 cm³/mol. The van der Waals surface area contributed by atoms with Crippen molar-refractivity contribution >= 4 is 16.3 Å². The van der Waals surface area contributed by atoms with E-state index >= 15 is 0 Å². The maximum atomic E-state index is 2.66. The van der Waals surface area contributed by atoms with Gasteiger partial charge < -0.3 is 5.48 Å². The summed E-state index contributed by atoms with van der Waals surface area (Å²) in [5.74, 6) is 0. The summed E-state index contributed by atoms with van der Waals surface area (Å²) in [6.07, 6.45) is 1.28. The SMILES string of the molecule is CC[CH2][Al+2].[O-2]. The Balaban J connectivity index is 0. The second-order valence-electron chi connectivity index (χ2n) is 0.789. The third-order valence-electron chi connectivity index (χ3n) is 0.289. The van der Waals surface area contributed by atoms with E-state index in [4.69, 9.17) is 0 Å². The molecule has 0 aromatic heterocycles. The zero-order valence-corrected chi connectivity index (χ0v) is 4.55. The minimum absolute atomic E-state index is 0. The molecule has 2 heteroatoms. The number of hydrogen-bond acceptors (Lipinski definition) is 0. The van der Waals surface area contributed by atoms with Gasteiger partial charge in [0, 0.05) is 0 Å². The van der Waals surface area contributed by atoms with E-state index in [0.29, 0.717) is 0 Å². The van der Waals surface area contributed by atoms with Crippen LogP contribution in [0.15, 0.2) is 0 Å². The molecule has 0 fully saturated rings. The largest absolute Gasteiger partial charge is 2.00 e. The molecule has 0 rings (SSSR count). The molecule has 0 aromatic carbocycles. The molecule has 0 aliphatic carbocycles. The average Bonchev–Trinajstić information content (AvgIpc) is 1.37. The normalized spacial score (nSPS) is 6.20. The van der Waals surface area contributed by atoms with Gasteiger partial charge in [-0.1, -0.05) is 0 Å². The van der Waals surface area contributed by atoms with Crippen LogP contribution in [0.1, 0.15) is 13.3 Å². The minimum Gasteiger partial charge on any atom is -2.00 e. The summed E-state index contributed by atoms with van der Waals surface area (Å²) >= 11 is 2.66. The van der Waals surface area contributed by atoms with E-state index < -0.39 is 0 Å². The molecule has 0 N–H and O–H groups in total. The van der Waals surface area contributed by atoms with Gasteiger partial charge in [-0.25, -0.2) is 0 Å². The second kappa shape index (κ2) is 8.82. The first kappa shape index (κ1) is 9.09. The van der Waals surface area contributed by atoms with Crippen molar-refractivity contribution in [2.45, 2.75) is 18.6 Å². The van der Waals surface area contributed by atoms with Crippen LogP contribution in [0.2, 0.25) is 5.28 Å². The van der Waals surface area contributed by atoms with E-state index in [1.165, 1.54) is 11.7 Å². The maximum absolute atomic E-state index is 2.66. The molecule has 0 radical (unpaired) electrons. The molecule has 0 aromatic rings. The van der Waals surface area contributed by atoms with Gasteiger partial charge in [-0.15, -0.1) is 0 Å². The molecular formula is C3H7AlO. The first-order valence-electron chi connectivity index (χ1n) is 1.62. The molecule has 1 nitrogen and oxygen atoms in total. The summed E-state index contributed by atoms with van der Waals surface area (Å²) in [7, 11) is 0. The Bertz CT molecular complexity index is 8.85. The van der Waals surface area contributed by atoms with Crippen molar-refractivity contribution in [3.05, 3.63) is 0 Å². The van der Waals surface area contributed by atoms with Crippen LogP contribution in [0.25, 0.3) is 0 Å². The fraction of sp³-hybridized carbons (Fsp3) is 1.00. The Labute approximate surface area is 41.1 Å². The summed E-state index contributed by atoms with van der Waals surface area (Å²) in [5.41, 5.74) is 0. The minimum atomic E-state index is 0. The Hall–Kier alpha value is 0.492. The van der Waals surface area contributed by atoms with Crippen molar-refractivity contribution in [3.63, 3.8) is 0 Å². The summed E-state index contributed by atoms with van der Waals surface area (Å²) in [6, 6.07) is 0. The first-order chi connectivity index (χ1) is 1.91. The fourth-order valence-corrected chi connectivity index (χ4v) is 0. The molecular weight excluding hydrogens is 79.0 g/mol. The summed E-state index contributed by atoms with van der Waals surface area (Å²) < 4.78 is 0. The molecule has 0 atom stereocenters. The molecule has 0 unspecified atom stereocenters. The van der Waals surface area contributed by atoms with Gasteiger partial charge in [-0.3, -0.25) is 0 Å². The van der Waals surface area contributed by atoms with Gasteiger partial charge in [0.15, 0.2) is 0 Å². The van der Waals surface area contributed by atoms with Gasteiger partial charge >= 0.3 is 34.9 Å². The van der Waals surface area contributed by atoms with E-state index in [0.717, 1.165) is 0 Å². The van der Waals surface area contributed by atoms with E-state index in [9.17, 15) is 0 Å². The third-order valence-corrected chi connectivity index (χ3v) is 0.866. The molecule has 0 saturated carbocycles. The molecule has 0 amide bonds. The first-order valence-corrected chi connectivity index (χ1v) is 2.43. The van der Waals surface area contributed by atoms with Crippen molar-refractivity contribution in [3.8, 4) is 0 Å². The van der Waals surface area contributed by atoms with Gasteiger partial charge in [0.2, 0.25) is 0 Å². The topological polar surface area (TPSA) is 28.5 Å². The molecule has 28 valence electrons. The van der Waals surface area contributed by atoms with Crippen molar-refractivity contribution in [2.24, 2.45) is 0 Å². The van der Waals surface area contributed by atoms with Crippen LogP contribution in [-0.2, 0) is 5.48 Å². The summed E-state index contributed by atoms with van der Waals surface area (Å²) in [5, 5.41) is 1.24. The van der Waals surface area contributed by atoms with Crippen LogP contribution in [0, 0.1) is 0 Å². The van der Waals surface area contributed by atoms with Gasteiger partial charge in [-0.05, 0) is 0 Å². The zero-order chi connectivity index (χ0) is 3.41. The monoisotopic (exact) mass is 86.0 g/mol. The van der Waals surface area contributed by atoms with Crippen LogP contribution in [0.3, 0.4) is 0 Å². The summed E-state index contributed by atoms with van der Waals surface area (Å²) in [6.45, 7) is 2.16. The molecule has 0 bridgehead atoms. The molecule has 0 heterocycles. The third kappa shape index (κ3) is 12.5. The van der Waals surface area contributed by atoms with Crippen LogP contribution < -0.4 is 0 Å². The van der Waals surface area contributed by atoms with E-state index in [-0.39, 0.29) is 5.48 Å². The van der Waals surface area contributed by atoms with E-state index in [1.54, 1.807) is 0 Å². The molecule has 0 spiro atoms. The number of rotatable bonds is 1. The van der Waals surface area contributed by atoms with Gasteiger partial charge in [0.25, 0.3) is 0 Å². The van der Waals surface area contributed by atoms with Crippen molar-refractivity contribution in [2.75, 3.05) is 0 Å². The Morgan fingerprint density at radius 3 is 1.80 bits per heavy atom. The van der Waals surface area contributed by atoms with E-state index in [1.807, 2.05) is 0 Å². The molecule has 0 aliphatic heterocycles. The zero-order valence-electron chi connectivity index (χ0n) is 3.40. The van der Waals surface area contributed by atoms with E-state index in [2.05, 4.69) is 23.2 Å². The average molecular weight is 86.1 g/mol. The van der Waals surface area contributed by atoms with Gasteiger partial charge in [0.1, 0.15) is 0 Å². The van der Waals surface area contributed by atoms with Crippen molar-refractivity contribution < 1.29 is 5.48 Å². The standard InChI is InChI=1S/C3H7.Al.O/c1-3-2;;/h1,3H2,2H3;;/q;+2;-2. The number of hydrogen-bond donors (Lipinski definition) is 0. The van der Waals surface area contributed by atoms with Crippen LogP contribution in [0.4, 0.5) is 0 Å². The van der Waals surface area contributed by atoms with Crippen LogP contribution in [0.5, 0.6) is 0 Å². The van der Waals surface area contributed by atoms with Crippen LogP contribution in [-0.4, -0.2) is 16.3 Å². The van der Waals surface area contributed by atoms with Crippen molar-refractivity contribution in [1.29, 1.82) is 0 Å². The van der Waals surface area contributed by atoms with Crippen LogP contribution >= 0.6 is 0 Å². The summed E-state index contributed by atoms with van der Waals surface area (Å²) in [4.78, 5) is 0. The Morgan fingerprint density at radius 1 is 1.60 bits per heavy atom. The fourth-order valence-electron chi connectivity index (χ4n) is 0. The smallest absolute Gasteiger partial charge is 2.00 e. The van der Waals surface area contributed by atoms with Gasteiger partial charge in [-0.2, -0.15) is 0 Å². The second-order valence-corrected chi connectivity index (χ2v) is 1.37. The quantitative estimate of drug-likeness (QED) is 0.423. The molecule has 0 aliphatic rings. The Morgan fingerprint density at radius 2 is 1.80 bits per heavy atom.